The van der Waals surface area contributed by atoms with Crippen molar-refractivity contribution in [3.63, 3.8) is 0 Å². The summed E-state index contributed by atoms with van der Waals surface area (Å²) >= 11 is 0. The Balaban J connectivity index is 0.000000753. The van der Waals surface area contributed by atoms with Crippen LogP contribution in [0.2, 0.25) is 0 Å². The second-order valence-corrected chi connectivity index (χ2v) is 5.42. The lowest BCUT2D eigenvalue weighted by atomic mass is 10.1. The van der Waals surface area contributed by atoms with E-state index >= 15 is 0 Å². The van der Waals surface area contributed by atoms with Crippen molar-refractivity contribution in [1.29, 1.82) is 0 Å². The molecule has 4 rings (SSSR count). The van der Waals surface area contributed by atoms with Gasteiger partial charge in [0.15, 0.2) is 11.5 Å². The fourth-order valence-electron chi connectivity index (χ4n) is 2.80. The van der Waals surface area contributed by atoms with Crippen LogP contribution in [-0.2, 0) is 0 Å². The molecule has 0 bridgehead atoms. The van der Waals surface area contributed by atoms with Crippen molar-refractivity contribution in [1.82, 2.24) is 14.6 Å². The molecular formula is C20H21N3. The van der Waals surface area contributed by atoms with E-state index in [-0.39, 0.29) is 0 Å². The third kappa shape index (κ3) is 2.59. The first-order valence-corrected chi connectivity index (χ1v) is 8.04. The van der Waals surface area contributed by atoms with Gasteiger partial charge in [-0.15, -0.1) is 10.2 Å². The highest BCUT2D eigenvalue weighted by Crippen LogP contribution is 2.26. The average Bonchev–Trinajstić information content (AvgIpc) is 3.03. The Kier molecular flexibility index (Phi) is 4.11. The summed E-state index contributed by atoms with van der Waals surface area (Å²) in [6.07, 6.45) is 0. The van der Waals surface area contributed by atoms with Crippen LogP contribution in [0, 0.1) is 13.8 Å². The Morgan fingerprint density at radius 1 is 0.826 bits per heavy atom. The number of pyridine rings is 1. The van der Waals surface area contributed by atoms with Gasteiger partial charge in [-0.05, 0) is 25.3 Å². The molecule has 0 saturated carbocycles. The molecule has 0 fully saturated rings. The van der Waals surface area contributed by atoms with Gasteiger partial charge < -0.3 is 0 Å². The lowest BCUT2D eigenvalue weighted by Crippen LogP contribution is -1.95. The Morgan fingerprint density at radius 2 is 1.52 bits per heavy atom. The summed E-state index contributed by atoms with van der Waals surface area (Å²) in [4.78, 5) is 0. The van der Waals surface area contributed by atoms with Gasteiger partial charge >= 0.3 is 0 Å². The van der Waals surface area contributed by atoms with E-state index in [0.717, 1.165) is 28.1 Å². The Morgan fingerprint density at radius 3 is 2.26 bits per heavy atom. The zero-order chi connectivity index (χ0) is 16.4. The molecule has 0 radical (unpaired) electrons. The standard InChI is InChI=1S/C18H15N3.C2H6/c1-12-7-9-14(10-8-12)17-19-20-18-16-6-4-3-5-15(16)11-13(2)21(17)18;1-2/h3-11H,1-2H3;1-2H3. The average molecular weight is 303 g/mol. The van der Waals surface area contributed by atoms with Gasteiger partial charge in [0.25, 0.3) is 0 Å². The predicted molar refractivity (Wildman–Crippen MR) is 96.8 cm³/mol. The molecule has 23 heavy (non-hydrogen) atoms. The van der Waals surface area contributed by atoms with Gasteiger partial charge in [-0.25, -0.2) is 0 Å². The van der Waals surface area contributed by atoms with E-state index in [1.807, 2.05) is 19.9 Å². The maximum Gasteiger partial charge on any atom is 0.169 e. The Hall–Kier alpha value is -2.68. The minimum Gasteiger partial charge on any atom is -0.279 e. The van der Waals surface area contributed by atoms with Crippen molar-refractivity contribution in [2.75, 3.05) is 0 Å². The van der Waals surface area contributed by atoms with Gasteiger partial charge in [0.2, 0.25) is 0 Å². The lowest BCUT2D eigenvalue weighted by molar-refractivity contribution is 1.08. The molecule has 0 aliphatic carbocycles. The molecule has 3 nitrogen and oxygen atoms in total. The summed E-state index contributed by atoms with van der Waals surface area (Å²) in [6, 6.07) is 18.9. The second-order valence-electron chi connectivity index (χ2n) is 5.42. The van der Waals surface area contributed by atoms with E-state index in [0.29, 0.717) is 0 Å². The quantitative estimate of drug-likeness (QED) is 0.484. The molecule has 3 heteroatoms. The van der Waals surface area contributed by atoms with Gasteiger partial charge in [-0.2, -0.15) is 0 Å². The molecule has 0 aliphatic heterocycles. The Bertz CT molecular complexity index is 950. The summed E-state index contributed by atoms with van der Waals surface area (Å²) in [6.45, 7) is 8.19. The highest BCUT2D eigenvalue weighted by atomic mass is 15.2. The largest absolute Gasteiger partial charge is 0.279 e. The highest BCUT2D eigenvalue weighted by molar-refractivity contribution is 5.95. The smallest absolute Gasteiger partial charge is 0.169 e. The van der Waals surface area contributed by atoms with Gasteiger partial charge in [-0.1, -0.05) is 67.9 Å². The van der Waals surface area contributed by atoms with Gasteiger partial charge in [0, 0.05) is 16.6 Å². The SMILES string of the molecule is CC.Cc1ccc(-c2nnc3c4ccccc4cc(C)n23)cc1. The van der Waals surface area contributed by atoms with Crippen LogP contribution < -0.4 is 0 Å². The zero-order valence-electron chi connectivity index (χ0n) is 14.0. The number of rotatable bonds is 1. The van der Waals surface area contributed by atoms with E-state index in [1.165, 1.54) is 10.9 Å². The zero-order valence-corrected chi connectivity index (χ0v) is 14.0. The maximum absolute atomic E-state index is 4.42. The summed E-state index contributed by atoms with van der Waals surface area (Å²) in [5.74, 6) is 0.897. The van der Waals surface area contributed by atoms with Crippen LogP contribution in [0.3, 0.4) is 0 Å². The van der Waals surface area contributed by atoms with E-state index in [1.54, 1.807) is 0 Å². The molecule has 0 unspecified atom stereocenters. The third-order valence-electron chi connectivity index (χ3n) is 3.89. The van der Waals surface area contributed by atoms with Crippen molar-refractivity contribution in [3.05, 3.63) is 65.9 Å². The topological polar surface area (TPSA) is 30.2 Å². The number of aromatic nitrogens is 3. The van der Waals surface area contributed by atoms with E-state index in [9.17, 15) is 0 Å². The molecule has 2 aromatic heterocycles. The van der Waals surface area contributed by atoms with Crippen LogP contribution >= 0.6 is 0 Å². The predicted octanol–water partition coefficient (Wildman–Crippen LogP) is 5.19. The van der Waals surface area contributed by atoms with Crippen LogP contribution in [0.4, 0.5) is 0 Å². The van der Waals surface area contributed by atoms with Crippen molar-refractivity contribution < 1.29 is 0 Å². The minimum atomic E-state index is 0.897. The first-order chi connectivity index (χ1) is 11.2. The number of hydrogen-bond donors (Lipinski definition) is 0. The molecule has 0 atom stereocenters. The van der Waals surface area contributed by atoms with E-state index in [2.05, 4.69) is 77.0 Å². The molecule has 2 aromatic carbocycles. The van der Waals surface area contributed by atoms with Gasteiger partial charge in [0.1, 0.15) is 0 Å². The van der Waals surface area contributed by atoms with Gasteiger partial charge in [0.05, 0.1) is 0 Å². The Labute approximate surface area is 136 Å². The minimum absolute atomic E-state index is 0.897. The maximum atomic E-state index is 4.42. The first kappa shape index (κ1) is 15.2. The molecule has 0 amide bonds. The van der Waals surface area contributed by atoms with Crippen LogP contribution in [-0.4, -0.2) is 14.6 Å². The third-order valence-corrected chi connectivity index (χ3v) is 3.89. The number of nitrogens with zero attached hydrogens (tertiary/aromatic N) is 3. The van der Waals surface area contributed by atoms with Crippen molar-refractivity contribution in [3.8, 4) is 11.4 Å². The lowest BCUT2D eigenvalue weighted by Gasteiger charge is -2.07. The van der Waals surface area contributed by atoms with E-state index in [4.69, 9.17) is 0 Å². The van der Waals surface area contributed by atoms with Crippen molar-refractivity contribution >= 4 is 16.4 Å². The summed E-state index contributed by atoms with van der Waals surface area (Å²) < 4.78 is 2.13. The monoisotopic (exact) mass is 303 g/mol. The van der Waals surface area contributed by atoms with E-state index < -0.39 is 0 Å². The van der Waals surface area contributed by atoms with Gasteiger partial charge in [-0.3, -0.25) is 4.40 Å². The molecule has 4 aromatic rings. The number of benzene rings is 2. The summed E-state index contributed by atoms with van der Waals surface area (Å²) in [5.41, 5.74) is 4.40. The molecular weight excluding hydrogens is 282 g/mol. The number of aryl methyl sites for hydroxylation is 2. The number of hydrogen-bond acceptors (Lipinski definition) is 2. The van der Waals surface area contributed by atoms with Crippen LogP contribution in [0.1, 0.15) is 25.1 Å². The molecule has 2 heterocycles. The normalized spacial score (nSPS) is 10.6. The first-order valence-electron chi connectivity index (χ1n) is 8.04. The van der Waals surface area contributed by atoms with Crippen LogP contribution in [0.15, 0.2) is 54.6 Å². The van der Waals surface area contributed by atoms with Crippen molar-refractivity contribution in [2.45, 2.75) is 27.7 Å². The fourth-order valence-corrected chi connectivity index (χ4v) is 2.80. The molecule has 0 N–H and O–H groups in total. The number of fused-ring (bicyclic) bond motifs is 3. The highest BCUT2D eigenvalue weighted by Gasteiger charge is 2.12. The summed E-state index contributed by atoms with van der Waals surface area (Å²) in [7, 11) is 0. The molecule has 0 saturated heterocycles. The molecule has 0 aliphatic rings. The molecule has 0 spiro atoms. The van der Waals surface area contributed by atoms with Crippen LogP contribution in [0.5, 0.6) is 0 Å². The second kappa shape index (κ2) is 6.21. The van der Waals surface area contributed by atoms with Crippen LogP contribution in [0.25, 0.3) is 27.8 Å². The summed E-state index contributed by atoms with van der Waals surface area (Å²) in [5, 5.41) is 11.2. The van der Waals surface area contributed by atoms with Crippen molar-refractivity contribution in [2.24, 2.45) is 0 Å². The fraction of sp³-hybridized carbons (Fsp3) is 0.200. The molecule has 116 valence electrons.